The first-order valence-corrected chi connectivity index (χ1v) is 6.40. The Kier molecular flexibility index (Phi) is 3.95. The van der Waals surface area contributed by atoms with Crippen molar-refractivity contribution in [3.05, 3.63) is 34.1 Å². The normalized spacial score (nSPS) is 18.9. The van der Waals surface area contributed by atoms with E-state index in [0.29, 0.717) is 12.1 Å². The molecule has 1 aliphatic rings. The summed E-state index contributed by atoms with van der Waals surface area (Å²) in [6.07, 6.45) is 2.37. The van der Waals surface area contributed by atoms with Crippen LogP contribution in [0, 0.1) is 5.82 Å². The molecular formula is C12H16BrFN2. The third-order valence-corrected chi connectivity index (χ3v) is 3.61. The lowest BCUT2D eigenvalue weighted by Crippen LogP contribution is -2.32. The van der Waals surface area contributed by atoms with Crippen molar-refractivity contribution in [1.29, 1.82) is 0 Å². The van der Waals surface area contributed by atoms with Crippen LogP contribution in [0.4, 0.5) is 4.39 Å². The number of rotatable bonds is 3. The van der Waals surface area contributed by atoms with Crippen LogP contribution in [0.1, 0.15) is 24.4 Å². The zero-order valence-corrected chi connectivity index (χ0v) is 10.7. The number of nitrogens with two attached hydrogens (primary N) is 1. The lowest BCUT2D eigenvalue weighted by molar-refractivity contribution is 0.246. The van der Waals surface area contributed by atoms with Crippen molar-refractivity contribution < 1.29 is 4.39 Å². The summed E-state index contributed by atoms with van der Waals surface area (Å²) in [4.78, 5) is 2.27. The minimum absolute atomic E-state index is 0.0139. The Morgan fingerprint density at radius 2 is 2.06 bits per heavy atom. The molecule has 0 spiro atoms. The van der Waals surface area contributed by atoms with Crippen molar-refractivity contribution in [3.63, 3.8) is 0 Å². The molecular weight excluding hydrogens is 271 g/mol. The fourth-order valence-corrected chi connectivity index (χ4v) is 2.67. The van der Waals surface area contributed by atoms with Crippen molar-refractivity contribution >= 4 is 15.9 Å². The van der Waals surface area contributed by atoms with Crippen molar-refractivity contribution in [2.75, 3.05) is 19.6 Å². The predicted molar refractivity (Wildman–Crippen MR) is 66.7 cm³/mol. The Labute approximate surface area is 104 Å². The standard InChI is InChI=1S/C12H16BrFN2/c13-9-3-4-11(14)10(7-9)12(8-15)16-5-1-2-6-16/h3-4,7,12H,1-2,5-6,8,15H2. The summed E-state index contributed by atoms with van der Waals surface area (Å²) in [7, 11) is 0. The molecule has 0 amide bonds. The van der Waals surface area contributed by atoms with E-state index in [9.17, 15) is 4.39 Å². The van der Waals surface area contributed by atoms with Crippen LogP contribution in [0.25, 0.3) is 0 Å². The molecule has 1 fully saturated rings. The molecule has 1 atom stereocenters. The second-order valence-electron chi connectivity index (χ2n) is 4.16. The Hall–Kier alpha value is -0.450. The van der Waals surface area contributed by atoms with E-state index in [2.05, 4.69) is 20.8 Å². The first kappa shape index (κ1) is 12.0. The fraction of sp³-hybridized carbons (Fsp3) is 0.500. The van der Waals surface area contributed by atoms with Crippen molar-refractivity contribution in [1.82, 2.24) is 4.90 Å². The predicted octanol–water partition coefficient (Wildman–Crippen LogP) is 2.68. The van der Waals surface area contributed by atoms with Crippen LogP contribution in [0.3, 0.4) is 0 Å². The Morgan fingerprint density at radius 3 is 2.69 bits per heavy atom. The molecule has 1 saturated heterocycles. The summed E-state index contributed by atoms with van der Waals surface area (Å²) in [5.74, 6) is -0.162. The van der Waals surface area contributed by atoms with Gasteiger partial charge in [-0.25, -0.2) is 4.39 Å². The third-order valence-electron chi connectivity index (χ3n) is 3.12. The minimum atomic E-state index is -0.162. The molecule has 88 valence electrons. The number of halogens is 2. The maximum absolute atomic E-state index is 13.8. The van der Waals surface area contributed by atoms with Crippen LogP contribution in [0.5, 0.6) is 0 Å². The summed E-state index contributed by atoms with van der Waals surface area (Å²) in [6.45, 7) is 2.51. The van der Waals surface area contributed by atoms with Gasteiger partial charge in [0.05, 0.1) is 0 Å². The number of hydrogen-bond donors (Lipinski definition) is 1. The van der Waals surface area contributed by atoms with Crippen LogP contribution in [0.15, 0.2) is 22.7 Å². The highest BCUT2D eigenvalue weighted by atomic mass is 79.9. The van der Waals surface area contributed by atoms with Crippen LogP contribution in [-0.4, -0.2) is 24.5 Å². The van der Waals surface area contributed by atoms with Crippen LogP contribution < -0.4 is 5.73 Å². The Morgan fingerprint density at radius 1 is 1.38 bits per heavy atom. The highest BCUT2D eigenvalue weighted by Crippen LogP contribution is 2.28. The van der Waals surface area contributed by atoms with Gasteiger partial charge >= 0.3 is 0 Å². The maximum atomic E-state index is 13.8. The lowest BCUT2D eigenvalue weighted by atomic mass is 10.1. The van der Waals surface area contributed by atoms with E-state index in [1.165, 1.54) is 18.9 Å². The summed E-state index contributed by atoms with van der Waals surface area (Å²) in [5.41, 5.74) is 6.49. The second-order valence-corrected chi connectivity index (χ2v) is 5.08. The van der Waals surface area contributed by atoms with Gasteiger partial charge in [0.1, 0.15) is 5.82 Å². The molecule has 0 saturated carbocycles. The van der Waals surface area contributed by atoms with Gasteiger partial charge in [-0.1, -0.05) is 15.9 Å². The number of hydrogen-bond acceptors (Lipinski definition) is 2. The van der Waals surface area contributed by atoms with E-state index in [4.69, 9.17) is 5.73 Å². The summed E-state index contributed by atoms with van der Waals surface area (Å²) in [5, 5.41) is 0. The molecule has 1 aliphatic heterocycles. The van der Waals surface area contributed by atoms with Crippen LogP contribution in [0.2, 0.25) is 0 Å². The maximum Gasteiger partial charge on any atom is 0.128 e. The highest BCUT2D eigenvalue weighted by molar-refractivity contribution is 9.10. The van der Waals surface area contributed by atoms with Gasteiger partial charge in [0.15, 0.2) is 0 Å². The second kappa shape index (κ2) is 5.25. The molecule has 0 bridgehead atoms. The van der Waals surface area contributed by atoms with E-state index in [-0.39, 0.29) is 11.9 Å². The number of likely N-dealkylation sites (tertiary alicyclic amines) is 1. The minimum Gasteiger partial charge on any atom is -0.329 e. The molecule has 0 aliphatic carbocycles. The SMILES string of the molecule is NCC(c1cc(Br)ccc1F)N1CCCC1. The molecule has 1 unspecified atom stereocenters. The summed E-state index contributed by atoms with van der Waals surface area (Å²) in [6, 6.07) is 5.07. The summed E-state index contributed by atoms with van der Waals surface area (Å²) >= 11 is 3.38. The smallest absolute Gasteiger partial charge is 0.128 e. The van der Waals surface area contributed by atoms with Crippen LogP contribution >= 0.6 is 15.9 Å². The largest absolute Gasteiger partial charge is 0.329 e. The molecule has 1 aromatic rings. The first-order chi connectivity index (χ1) is 7.72. The quantitative estimate of drug-likeness (QED) is 0.926. The zero-order chi connectivity index (χ0) is 11.5. The average molecular weight is 287 g/mol. The molecule has 4 heteroatoms. The van der Waals surface area contributed by atoms with Crippen molar-refractivity contribution in [2.24, 2.45) is 5.73 Å². The van der Waals surface area contributed by atoms with E-state index in [0.717, 1.165) is 17.6 Å². The molecule has 16 heavy (non-hydrogen) atoms. The molecule has 0 radical (unpaired) electrons. The first-order valence-electron chi connectivity index (χ1n) is 5.61. The van der Waals surface area contributed by atoms with Gasteiger partial charge in [-0.15, -0.1) is 0 Å². The van der Waals surface area contributed by atoms with E-state index in [1.54, 1.807) is 6.07 Å². The lowest BCUT2D eigenvalue weighted by Gasteiger charge is -2.27. The Balaban J connectivity index is 2.28. The van der Waals surface area contributed by atoms with Gasteiger partial charge in [-0.05, 0) is 44.1 Å². The van der Waals surface area contributed by atoms with Gasteiger partial charge in [-0.3, -0.25) is 4.90 Å². The third kappa shape index (κ3) is 2.44. The highest BCUT2D eigenvalue weighted by Gasteiger charge is 2.24. The van der Waals surface area contributed by atoms with E-state index in [1.807, 2.05) is 6.07 Å². The number of nitrogens with zero attached hydrogens (tertiary/aromatic N) is 1. The van der Waals surface area contributed by atoms with Crippen molar-refractivity contribution in [2.45, 2.75) is 18.9 Å². The van der Waals surface area contributed by atoms with Gasteiger partial charge in [-0.2, -0.15) is 0 Å². The molecule has 1 heterocycles. The van der Waals surface area contributed by atoms with Gasteiger partial charge < -0.3 is 5.73 Å². The molecule has 0 aromatic heterocycles. The fourth-order valence-electron chi connectivity index (χ4n) is 2.30. The van der Waals surface area contributed by atoms with Gasteiger partial charge in [0, 0.05) is 22.6 Å². The summed E-state index contributed by atoms with van der Waals surface area (Å²) < 4.78 is 14.7. The molecule has 1 aromatic carbocycles. The van der Waals surface area contributed by atoms with E-state index >= 15 is 0 Å². The van der Waals surface area contributed by atoms with Crippen LogP contribution in [-0.2, 0) is 0 Å². The molecule has 2 N–H and O–H groups in total. The van der Waals surface area contributed by atoms with Gasteiger partial charge in [0.25, 0.3) is 0 Å². The topological polar surface area (TPSA) is 29.3 Å². The number of benzene rings is 1. The van der Waals surface area contributed by atoms with E-state index < -0.39 is 0 Å². The monoisotopic (exact) mass is 286 g/mol. The molecule has 2 nitrogen and oxygen atoms in total. The van der Waals surface area contributed by atoms with Crippen molar-refractivity contribution in [3.8, 4) is 0 Å². The Bertz CT molecular complexity index is 364. The molecule has 2 rings (SSSR count). The zero-order valence-electron chi connectivity index (χ0n) is 9.13. The van der Waals surface area contributed by atoms with Gasteiger partial charge in [0.2, 0.25) is 0 Å². The average Bonchev–Trinajstić information content (AvgIpc) is 2.78.